The van der Waals surface area contributed by atoms with E-state index < -0.39 is 23.2 Å². The number of aromatic nitrogens is 2. The summed E-state index contributed by atoms with van der Waals surface area (Å²) in [4.78, 5) is 7.59. The molecule has 130 valence electrons. The van der Waals surface area contributed by atoms with Crippen molar-refractivity contribution in [2.75, 3.05) is 12.4 Å². The maximum Gasteiger partial charge on any atom is 0.423 e. The number of alkyl halides is 3. The fraction of sp³-hybridized carbons (Fsp3) is 0.375. The highest BCUT2D eigenvalue weighted by Gasteiger charge is 2.37. The number of methoxy groups -OCH3 is 1. The van der Waals surface area contributed by atoms with Gasteiger partial charge in [0.25, 0.3) is 0 Å². The molecule has 0 bridgehead atoms. The van der Waals surface area contributed by atoms with Crippen LogP contribution in [0, 0.1) is 0 Å². The number of nitrogens with one attached hydrogen (secondary N) is 1. The molecular weight excluding hydrogens is 323 g/mol. The first-order valence-electron chi connectivity index (χ1n) is 7.13. The predicted molar refractivity (Wildman–Crippen MR) is 83.7 cm³/mol. The Morgan fingerprint density at radius 3 is 2.17 bits per heavy atom. The van der Waals surface area contributed by atoms with Gasteiger partial charge in [-0.3, -0.25) is 0 Å². The van der Waals surface area contributed by atoms with E-state index in [4.69, 9.17) is 9.47 Å². The summed E-state index contributed by atoms with van der Waals surface area (Å²) in [6.45, 7) is 4.93. The smallest absolute Gasteiger partial charge is 0.423 e. The number of hydrogen-bond acceptors (Lipinski definition) is 5. The molecule has 5 nitrogen and oxygen atoms in total. The first-order chi connectivity index (χ1) is 11.1. The molecule has 24 heavy (non-hydrogen) atoms. The molecule has 0 radical (unpaired) electrons. The van der Waals surface area contributed by atoms with Gasteiger partial charge >= 0.3 is 6.18 Å². The third-order valence-corrected chi connectivity index (χ3v) is 2.81. The lowest BCUT2D eigenvalue weighted by Gasteiger charge is -2.23. The quantitative estimate of drug-likeness (QED) is 0.892. The number of ether oxygens (including phenoxy) is 2. The molecule has 0 aliphatic rings. The molecule has 2 aromatic rings. The van der Waals surface area contributed by atoms with E-state index in [0.717, 1.165) is 0 Å². The van der Waals surface area contributed by atoms with Crippen molar-refractivity contribution in [3.63, 3.8) is 0 Å². The molecular formula is C16H18F3N3O2. The van der Waals surface area contributed by atoms with Gasteiger partial charge in [-0.15, -0.1) is 0 Å². The summed E-state index contributed by atoms with van der Waals surface area (Å²) < 4.78 is 49.6. The number of hydrogen-bond donors (Lipinski definition) is 1. The largest absolute Gasteiger partial charge is 0.497 e. The monoisotopic (exact) mass is 341 g/mol. The van der Waals surface area contributed by atoms with E-state index in [1.807, 2.05) is 0 Å². The topological polar surface area (TPSA) is 56.3 Å². The first-order valence-corrected chi connectivity index (χ1v) is 7.13. The van der Waals surface area contributed by atoms with Gasteiger partial charge in [0.05, 0.1) is 7.11 Å². The Morgan fingerprint density at radius 2 is 1.67 bits per heavy atom. The highest BCUT2D eigenvalue weighted by Crippen LogP contribution is 2.36. The van der Waals surface area contributed by atoms with E-state index in [2.05, 4.69) is 15.3 Å². The third-order valence-electron chi connectivity index (χ3n) is 2.81. The van der Waals surface area contributed by atoms with Gasteiger partial charge in [-0.05, 0) is 45.0 Å². The first kappa shape index (κ1) is 17.8. The average molecular weight is 341 g/mol. The second-order valence-electron chi connectivity index (χ2n) is 5.98. The molecule has 0 amide bonds. The molecule has 1 N–H and O–H groups in total. The molecule has 1 aromatic heterocycles. The van der Waals surface area contributed by atoms with Crippen molar-refractivity contribution in [3.05, 3.63) is 36.0 Å². The van der Waals surface area contributed by atoms with Gasteiger partial charge in [-0.1, -0.05) is 0 Å². The predicted octanol–water partition coefficient (Wildman–Crippen LogP) is 4.42. The maximum atomic E-state index is 13.1. The zero-order chi connectivity index (χ0) is 18.0. The van der Waals surface area contributed by atoms with Crippen LogP contribution in [0.25, 0.3) is 0 Å². The summed E-state index contributed by atoms with van der Waals surface area (Å²) in [5.74, 6) is 0.152. The summed E-state index contributed by atoms with van der Waals surface area (Å²) in [6, 6.07) is 6.81. The maximum absolute atomic E-state index is 13.1. The Morgan fingerprint density at radius 1 is 1.04 bits per heavy atom. The summed E-state index contributed by atoms with van der Waals surface area (Å²) in [5, 5.41) is 2.83. The normalized spacial score (nSPS) is 12.0. The molecule has 0 unspecified atom stereocenters. The summed E-state index contributed by atoms with van der Waals surface area (Å²) in [5.41, 5.74) is -1.24. The van der Waals surface area contributed by atoms with Crippen molar-refractivity contribution in [2.24, 2.45) is 0 Å². The van der Waals surface area contributed by atoms with Crippen LogP contribution in [-0.2, 0) is 6.18 Å². The second-order valence-corrected chi connectivity index (χ2v) is 5.98. The number of benzene rings is 1. The zero-order valence-electron chi connectivity index (χ0n) is 13.7. The second kappa shape index (κ2) is 6.54. The molecule has 0 aliphatic heterocycles. The molecule has 0 atom stereocenters. The van der Waals surface area contributed by atoms with E-state index >= 15 is 0 Å². The van der Waals surface area contributed by atoms with Gasteiger partial charge < -0.3 is 14.8 Å². The Hall–Kier alpha value is -2.51. The van der Waals surface area contributed by atoms with Gasteiger partial charge in [-0.2, -0.15) is 18.2 Å². The van der Waals surface area contributed by atoms with E-state index in [1.54, 1.807) is 45.0 Å². The molecule has 0 aliphatic carbocycles. The number of nitrogens with zero attached hydrogens (tertiary/aromatic N) is 2. The van der Waals surface area contributed by atoms with Crippen LogP contribution in [0.5, 0.6) is 11.6 Å². The minimum atomic E-state index is -4.60. The van der Waals surface area contributed by atoms with Gasteiger partial charge in [-0.25, -0.2) is 4.98 Å². The van der Waals surface area contributed by atoms with Crippen LogP contribution in [0.3, 0.4) is 0 Å². The van der Waals surface area contributed by atoms with E-state index in [-0.39, 0.29) is 5.95 Å². The van der Waals surface area contributed by atoms with E-state index in [1.165, 1.54) is 7.11 Å². The van der Waals surface area contributed by atoms with Crippen LogP contribution in [0.15, 0.2) is 30.5 Å². The van der Waals surface area contributed by atoms with Crippen LogP contribution >= 0.6 is 0 Å². The molecule has 8 heteroatoms. The average Bonchev–Trinajstić information content (AvgIpc) is 2.45. The molecule has 0 spiro atoms. The third kappa shape index (κ3) is 4.74. The summed E-state index contributed by atoms with van der Waals surface area (Å²) >= 11 is 0. The Labute approximate surface area is 137 Å². The van der Waals surface area contributed by atoms with Crippen LogP contribution in [0.4, 0.5) is 24.8 Å². The highest BCUT2D eigenvalue weighted by molar-refractivity contribution is 5.55. The minimum Gasteiger partial charge on any atom is -0.497 e. The fourth-order valence-corrected chi connectivity index (χ4v) is 1.79. The van der Waals surface area contributed by atoms with Crippen LogP contribution in [0.2, 0.25) is 0 Å². The summed E-state index contributed by atoms with van der Waals surface area (Å²) in [7, 11) is 1.54. The Bertz CT molecular complexity index is 695. The molecule has 0 fully saturated rings. The van der Waals surface area contributed by atoms with Gasteiger partial charge in [0.2, 0.25) is 11.8 Å². The molecule has 1 heterocycles. The van der Waals surface area contributed by atoms with Crippen molar-refractivity contribution in [2.45, 2.75) is 32.5 Å². The fourth-order valence-electron chi connectivity index (χ4n) is 1.79. The lowest BCUT2D eigenvalue weighted by Crippen LogP contribution is -2.26. The van der Waals surface area contributed by atoms with Gasteiger partial charge in [0.15, 0.2) is 0 Å². The van der Waals surface area contributed by atoms with Crippen LogP contribution in [-0.4, -0.2) is 22.7 Å². The Kier molecular flexibility index (Phi) is 4.86. The SMILES string of the molecule is COc1ccc(Nc2ncc(C(F)(F)F)c(OC(C)(C)C)n2)cc1. The van der Waals surface area contributed by atoms with E-state index in [9.17, 15) is 13.2 Å². The standard InChI is InChI=1S/C16H18F3N3O2/c1-15(2,3)24-13-12(16(17,18)19)9-20-14(22-13)21-10-5-7-11(23-4)8-6-10/h5-9H,1-4H3,(H,20,21,22). The van der Waals surface area contributed by atoms with Crippen molar-refractivity contribution in [1.82, 2.24) is 9.97 Å². The van der Waals surface area contributed by atoms with Crippen molar-refractivity contribution in [3.8, 4) is 11.6 Å². The van der Waals surface area contributed by atoms with Crippen LogP contribution in [0.1, 0.15) is 26.3 Å². The Balaban J connectivity index is 2.32. The number of rotatable bonds is 4. The van der Waals surface area contributed by atoms with Crippen LogP contribution < -0.4 is 14.8 Å². The van der Waals surface area contributed by atoms with Gasteiger partial charge in [0.1, 0.15) is 16.9 Å². The van der Waals surface area contributed by atoms with Crippen molar-refractivity contribution < 1.29 is 22.6 Å². The van der Waals surface area contributed by atoms with Gasteiger partial charge in [0, 0.05) is 11.9 Å². The summed E-state index contributed by atoms with van der Waals surface area (Å²) in [6.07, 6.45) is -3.89. The number of anilines is 2. The lowest BCUT2D eigenvalue weighted by atomic mass is 10.2. The molecule has 1 aromatic carbocycles. The number of halogens is 3. The van der Waals surface area contributed by atoms with E-state index in [0.29, 0.717) is 17.6 Å². The highest BCUT2D eigenvalue weighted by atomic mass is 19.4. The minimum absolute atomic E-state index is 0.00687. The van der Waals surface area contributed by atoms with Crippen molar-refractivity contribution >= 4 is 11.6 Å². The molecule has 2 rings (SSSR count). The van der Waals surface area contributed by atoms with Crippen molar-refractivity contribution in [1.29, 1.82) is 0 Å². The zero-order valence-corrected chi connectivity index (χ0v) is 13.7. The molecule has 0 saturated carbocycles. The lowest BCUT2D eigenvalue weighted by molar-refractivity contribution is -0.140. The molecule has 0 saturated heterocycles.